The number of hydrogen-bond acceptors (Lipinski definition) is 8. The van der Waals surface area contributed by atoms with Gasteiger partial charge < -0.3 is 14.6 Å². The maximum absolute atomic E-state index is 15.2. The molecule has 0 amide bonds. The van der Waals surface area contributed by atoms with Gasteiger partial charge >= 0.3 is 0 Å². The maximum atomic E-state index is 15.2. The highest BCUT2D eigenvalue weighted by Crippen LogP contribution is 2.35. The molecule has 2 saturated heterocycles. The van der Waals surface area contributed by atoms with E-state index in [1.165, 1.54) is 25.3 Å². The molecular weight excluding hydrogens is 532 g/mol. The third kappa shape index (κ3) is 4.82. The molecule has 0 radical (unpaired) electrons. The van der Waals surface area contributed by atoms with Crippen molar-refractivity contribution < 1.29 is 28.0 Å². The summed E-state index contributed by atoms with van der Waals surface area (Å²) in [5.74, 6) is -0.159. The first-order valence-corrected chi connectivity index (χ1v) is 13.0. The molecule has 0 saturated carbocycles. The first kappa shape index (κ1) is 25.9. The molecule has 13 heteroatoms. The van der Waals surface area contributed by atoms with Crippen LogP contribution in [0.3, 0.4) is 0 Å². The van der Waals surface area contributed by atoms with Gasteiger partial charge in [-0.2, -0.15) is 5.10 Å². The Labute approximate surface area is 227 Å². The fraction of sp³-hybridized carbons (Fsp3) is 0.423. The quantitative estimate of drug-likeness (QED) is 0.462. The molecule has 0 spiro atoms. The van der Waals surface area contributed by atoms with Crippen molar-refractivity contribution in [2.24, 2.45) is 10.3 Å². The second-order valence-corrected chi connectivity index (χ2v) is 10.5. The van der Waals surface area contributed by atoms with Crippen LogP contribution < -0.4 is 4.74 Å². The molecule has 2 fully saturated rings. The molecule has 2 unspecified atom stereocenters. The van der Waals surface area contributed by atoms with E-state index in [9.17, 15) is 9.50 Å². The molecule has 3 aromatic rings. The highest BCUT2D eigenvalue weighted by Gasteiger charge is 2.39. The molecule has 0 aromatic carbocycles. The number of alkyl halides is 1. The molecule has 2 atom stereocenters. The highest BCUT2D eigenvalue weighted by molar-refractivity contribution is 6.34. The molecule has 39 heavy (non-hydrogen) atoms. The van der Waals surface area contributed by atoms with Gasteiger partial charge in [-0.3, -0.25) is 9.88 Å². The lowest BCUT2D eigenvalue weighted by Crippen LogP contribution is -2.55. The molecular formula is C26H27ClF2N7O3+. The van der Waals surface area contributed by atoms with Crippen molar-refractivity contribution in [2.45, 2.75) is 38.1 Å². The Balaban J connectivity index is 1.30. The first-order chi connectivity index (χ1) is 18.7. The van der Waals surface area contributed by atoms with Crippen LogP contribution in [0.1, 0.15) is 31.5 Å². The number of piperidine rings is 1. The van der Waals surface area contributed by atoms with Gasteiger partial charge in [-0.15, -0.1) is 4.68 Å². The number of aromatic nitrogens is 3. The van der Waals surface area contributed by atoms with Crippen LogP contribution in [0.5, 0.6) is 5.75 Å². The Hall–Kier alpha value is -3.32. The minimum absolute atomic E-state index is 0.193. The zero-order chi connectivity index (χ0) is 27.3. The molecule has 1 N–H and O–H groups in total. The van der Waals surface area contributed by atoms with Crippen molar-refractivity contribution in [3.05, 3.63) is 64.6 Å². The van der Waals surface area contributed by atoms with Crippen LogP contribution in [-0.4, -0.2) is 80.1 Å². The number of pyridine rings is 2. The van der Waals surface area contributed by atoms with E-state index in [0.717, 1.165) is 12.7 Å². The molecule has 204 valence electrons. The summed E-state index contributed by atoms with van der Waals surface area (Å²) < 4.78 is 43.0. The van der Waals surface area contributed by atoms with Crippen LogP contribution in [0.2, 0.25) is 5.02 Å². The van der Waals surface area contributed by atoms with Crippen LogP contribution in [0.25, 0.3) is 11.2 Å². The second-order valence-electron chi connectivity index (χ2n) is 10.1. The zero-order valence-electron chi connectivity index (χ0n) is 21.4. The SMILES string of the molecule is CC1=C(c2cc(OCC(C)(O)c3ccc(F)cn3)c3c(Cl)cnn3c2)N=N/[N+]1=C1\CCN(C2COC2)CC1F. The van der Waals surface area contributed by atoms with Crippen molar-refractivity contribution in [1.82, 2.24) is 19.5 Å². The van der Waals surface area contributed by atoms with Gasteiger partial charge in [-0.25, -0.2) is 13.3 Å². The Kier molecular flexibility index (Phi) is 6.66. The van der Waals surface area contributed by atoms with E-state index in [2.05, 4.69) is 25.3 Å². The minimum Gasteiger partial charge on any atom is -0.488 e. The molecule has 6 rings (SSSR count). The fourth-order valence-electron chi connectivity index (χ4n) is 4.96. The zero-order valence-corrected chi connectivity index (χ0v) is 22.1. The smallest absolute Gasteiger partial charge is 0.256 e. The maximum Gasteiger partial charge on any atom is 0.256 e. The number of likely N-dealkylation sites (tertiary alicyclic amines) is 1. The summed E-state index contributed by atoms with van der Waals surface area (Å²) in [5, 5.41) is 24.3. The second kappa shape index (κ2) is 10.0. The van der Waals surface area contributed by atoms with Gasteiger partial charge in [0.2, 0.25) is 0 Å². The number of rotatable bonds is 6. The highest BCUT2D eigenvalue weighted by atomic mass is 35.5. The van der Waals surface area contributed by atoms with Gasteiger partial charge in [0, 0.05) is 32.6 Å². The molecule has 10 nitrogen and oxygen atoms in total. The standard InChI is InChI=1S/C26H27ClF2N7O3/c1-15-24(32-33-36(15)21-5-6-34(11-20(21)29)18-12-38-13-18)16-7-22(25-19(27)9-31-35(25)10-16)39-14-26(2,37)23-4-3-17(28)8-30-23/h3-4,7-10,18,20,37H,5-6,11-14H2,1-2H3/q+1/b36-21+. The number of nitrogens with zero attached hydrogens (tertiary/aromatic N) is 7. The summed E-state index contributed by atoms with van der Waals surface area (Å²) in [6.45, 7) is 5.50. The Morgan fingerprint density at radius 2 is 2.13 bits per heavy atom. The van der Waals surface area contributed by atoms with Crippen LogP contribution in [-0.2, 0) is 10.3 Å². The van der Waals surface area contributed by atoms with E-state index in [1.807, 2.05) is 6.92 Å². The van der Waals surface area contributed by atoms with Gasteiger partial charge in [0.25, 0.3) is 5.70 Å². The van der Waals surface area contributed by atoms with Crippen molar-refractivity contribution in [3.8, 4) is 5.75 Å². The monoisotopic (exact) mass is 558 g/mol. The van der Waals surface area contributed by atoms with Crippen molar-refractivity contribution >= 4 is 28.5 Å². The van der Waals surface area contributed by atoms with Gasteiger partial charge in [-0.1, -0.05) is 11.6 Å². The predicted octanol–water partition coefficient (Wildman–Crippen LogP) is 3.77. The predicted molar refractivity (Wildman–Crippen MR) is 138 cm³/mol. The summed E-state index contributed by atoms with van der Waals surface area (Å²) >= 11 is 6.39. The Morgan fingerprint density at radius 3 is 2.82 bits per heavy atom. The minimum atomic E-state index is -1.51. The summed E-state index contributed by atoms with van der Waals surface area (Å²) in [4.78, 5) is 6.10. The fourth-order valence-corrected chi connectivity index (χ4v) is 5.19. The number of aliphatic hydroxyl groups is 1. The average Bonchev–Trinajstić information content (AvgIpc) is 3.44. The van der Waals surface area contributed by atoms with Crippen LogP contribution in [0, 0.1) is 5.82 Å². The summed E-state index contributed by atoms with van der Waals surface area (Å²) in [5.41, 5.74) is 1.65. The van der Waals surface area contributed by atoms with E-state index in [1.54, 1.807) is 21.5 Å². The van der Waals surface area contributed by atoms with E-state index in [4.69, 9.17) is 21.1 Å². The molecule has 3 aliphatic heterocycles. The molecule has 0 aliphatic carbocycles. The van der Waals surface area contributed by atoms with E-state index in [-0.39, 0.29) is 18.3 Å². The largest absolute Gasteiger partial charge is 0.488 e. The van der Waals surface area contributed by atoms with E-state index < -0.39 is 17.6 Å². The lowest BCUT2D eigenvalue weighted by molar-refractivity contribution is -0.487. The normalized spacial score (nSPS) is 23.9. The number of halogens is 3. The van der Waals surface area contributed by atoms with Gasteiger partial charge in [0.05, 0.1) is 53.0 Å². The van der Waals surface area contributed by atoms with Crippen molar-refractivity contribution in [1.29, 1.82) is 0 Å². The third-order valence-corrected chi connectivity index (χ3v) is 7.59. The molecule has 3 aromatic heterocycles. The van der Waals surface area contributed by atoms with Gasteiger partial charge in [-0.05, 0) is 25.1 Å². The number of allylic oxidation sites excluding steroid dienone is 1. The lowest BCUT2D eigenvalue weighted by Gasteiger charge is -2.40. The van der Waals surface area contributed by atoms with Gasteiger partial charge in [0.15, 0.2) is 11.9 Å². The van der Waals surface area contributed by atoms with Crippen molar-refractivity contribution in [2.75, 3.05) is 32.9 Å². The molecule has 3 aliphatic rings. The summed E-state index contributed by atoms with van der Waals surface area (Å²) in [6, 6.07) is 4.64. The summed E-state index contributed by atoms with van der Waals surface area (Å²) in [7, 11) is 0. The molecule has 6 heterocycles. The van der Waals surface area contributed by atoms with E-state index >= 15 is 4.39 Å². The number of hydrogen-bond donors (Lipinski definition) is 1. The first-order valence-electron chi connectivity index (χ1n) is 12.6. The van der Waals surface area contributed by atoms with Crippen LogP contribution >= 0.6 is 11.6 Å². The topological polar surface area (TPSA) is 99.9 Å². The van der Waals surface area contributed by atoms with Crippen LogP contribution in [0.15, 0.2) is 52.8 Å². The van der Waals surface area contributed by atoms with E-state index in [0.29, 0.717) is 65.1 Å². The molecule has 0 bridgehead atoms. The number of ether oxygens (including phenoxy) is 2. The number of fused-ring (bicyclic) bond motifs is 1. The Bertz CT molecular complexity index is 1520. The summed E-state index contributed by atoms with van der Waals surface area (Å²) in [6.07, 6.45) is 3.64. The lowest BCUT2D eigenvalue weighted by atomic mass is 10.0. The van der Waals surface area contributed by atoms with Gasteiger partial charge in [0.1, 0.15) is 40.2 Å². The average molecular weight is 559 g/mol. The Morgan fingerprint density at radius 1 is 1.31 bits per heavy atom. The third-order valence-electron chi connectivity index (χ3n) is 7.31. The van der Waals surface area contributed by atoms with Crippen molar-refractivity contribution in [3.63, 3.8) is 0 Å². The van der Waals surface area contributed by atoms with Crippen LogP contribution in [0.4, 0.5) is 8.78 Å².